The molecule has 0 radical (unpaired) electrons. The molecule has 1 fully saturated rings. The number of rotatable bonds is 5. The molecule has 0 bridgehead atoms. The van der Waals surface area contributed by atoms with Crippen LogP contribution in [0.5, 0.6) is 0 Å². The third kappa shape index (κ3) is 4.29. The van der Waals surface area contributed by atoms with E-state index in [9.17, 15) is 14.4 Å². The van der Waals surface area contributed by atoms with Crippen molar-refractivity contribution in [3.05, 3.63) is 87.8 Å². The Hall–Kier alpha value is -3.84. The van der Waals surface area contributed by atoms with Crippen LogP contribution in [0.4, 0.5) is 4.79 Å². The first kappa shape index (κ1) is 21.4. The fourth-order valence-corrected chi connectivity index (χ4v) is 3.52. The molecule has 1 N–H and O–H groups in total. The monoisotopic (exact) mass is 450 g/mol. The van der Waals surface area contributed by atoms with Crippen LogP contribution in [0.2, 0.25) is 5.02 Å². The molecular weight excluding hydrogens is 432 g/mol. The van der Waals surface area contributed by atoms with Gasteiger partial charge in [-0.25, -0.2) is 9.59 Å². The van der Waals surface area contributed by atoms with Crippen molar-refractivity contribution in [1.29, 1.82) is 0 Å². The van der Waals surface area contributed by atoms with Gasteiger partial charge in [0, 0.05) is 16.7 Å². The van der Waals surface area contributed by atoms with Gasteiger partial charge in [-0.05, 0) is 54.4 Å². The average molecular weight is 451 g/mol. The number of imide groups is 1. The van der Waals surface area contributed by atoms with E-state index in [1.165, 1.54) is 13.2 Å². The van der Waals surface area contributed by atoms with E-state index in [1.807, 2.05) is 6.92 Å². The highest BCUT2D eigenvalue weighted by molar-refractivity contribution is 6.30. The number of carbonyl (C=O) groups excluding carboxylic acids is 3. The zero-order chi connectivity index (χ0) is 22.8. The van der Waals surface area contributed by atoms with Gasteiger partial charge in [0.2, 0.25) is 0 Å². The topological polar surface area (TPSA) is 88.9 Å². The highest BCUT2D eigenvalue weighted by Gasteiger charge is 2.33. The first-order valence-corrected chi connectivity index (χ1v) is 10.1. The number of urea groups is 1. The molecule has 1 aromatic heterocycles. The highest BCUT2D eigenvalue weighted by atomic mass is 35.5. The minimum absolute atomic E-state index is 0.127. The Kier molecular flexibility index (Phi) is 5.83. The molecule has 0 unspecified atom stereocenters. The van der Waals surface area contributed by atoms with Crippen LogP contribution in [0.3, 0.4) is 0 Å². The van der Waals surface area contributed by atoms with Crippen LogP contribution in [0.1, 0.15) is 27.2 Å². The van der Waals surface area contributed by atoms with Gasteiger partial charge < -0.3 is 14.5 Å². The lowest BCUT2D eigenvalue weighted by molar-refractivity contribution is -0.123. The molecule has 7 nitrogen and oxygen atoms in total. The smallest absolute Gasteiger partial charge is 0.337 e. The molecule has 0 spiro atoms. The van der Waals surface area contributed by atoms with E-state index in [0.717, 1.165) is 21.6 Å². The fraction of sp³-hybridized carbons (Fsp3) is 0.125. The zero-order valence-electron chi connectivity index (χ0n) is 17.3. The summed E-state index contributed by atoms with van der Waals surface area (Å²) in [5, 5.41) is 3.16. The summed E-state index contributed by atoms with van der Waals surface area (Å²) in [4.78, 5) is 37.8. The molecule has 162 valence electrons. The minimum atomic E-state index is -0.503. The number of hydrogen-bond donors (Lipinski definition) is 1. The molecule has 0 atom stereocenters. The molecule has 8 heteroatoms. The number of esters is 1. The number of methoxy groups -OCH3 is 1. The summed E-state index contributed by atoms with van der Waals surface area (Å²) < 4.78 is 10.6. The van der Waals surface area contributed by atoms with Crippen molar-refractivity contribution >= 4 is 35.6 Å². The largest absolute Gasteiger partial charge is 0.465 e. The van der Waals surface area contributed by atoms with Crippen LogP contribution in [-0.2, 0) is 16.1 Å². The van der Waals surface area contributed by atoms with Gasteiger partial charge in [0.15, 0.2) is 0 Å². The number of carbonyl (C=O) groups is 3. The third-order valence-corrected chi connectivity index (χ3v) is 5.29. The van der Waals surface area contributed by atoms with Crippen molar-refractivity contribution in [2.75, 3.05) is 7.11 Å². The summed E-state index contributed by atoms with van der Waals surface area (Å²) in [5.41, 5.74) is 2.99. The number of nitrogens with one attached hydrogen (secondary N) is 1. The summed E-state index contributed by atoms with van der Waals surface area (Å²) in [6.07, 6.45) is 1.49. The molecule has 0 aliphatic carbocycles. The van der Waals surface area contributed by atoms with Crippen molar-refractivity contribution in [3.63, 3.8) is 0 Å². The first-order valence-electron chi connectivity index (χ1n) is 9.74. The van der Waals surface area contributed by atoms with Crippen molar-refractivity contribution in [3.8, 4) is 11.3 Å². The summed E-state index contributed by atoms with van der Waals surface area (Å²) in [6, 6.07) is 15.0. The number of halogens is 1. The van der Waals surface area contributed by atoms with E-state index in [1.54, 1.807) is 54.6 Å². The van der Waals surface area contributed by atoms with E-state index in [4.69, 9.17) is 20.8 Å². The number of benzene rings is 2. The fourth-order valence-electron chi connectivity index (χ4n) is 3.39. The predicted octanol–water partition coefficient (Wildman–Crippen LogP) is 4.79. The van der Waals surface area contributed by atoms with Gasteiger partial charge in [-0.1, -0.05) is 29.8 Å². The van der Waals surface area contributed by atoms with Crippen LogP contribution < -0.4 is 5.32 Å². The normalized spacial score (nSPS) is 14.7. The molecule has 4 rings (SSSR count). The Labute approximate surface area is 189 Å². The number of nitrogens with zero attached hydrogens (tertiary/aromatic N) is 1. The van der Waals surface area contributed by atoms with E-state index in [-0.39, 0.29) is 12.2 Å². The number of furan rings is 1. The number of amides is 3. The van der Waals surface area contributed by atoms with Crippen LogP contribution in [0, 0.1) is 6.92 Å². The Morgan fingerprint density at radius 1 is 1.12 bits per heavy atom. The van der Waals surface area contributed by atoms with E-state index >= 15 is 0 Å². The summed E-state index contributed by atoms with van der Waals surface area (Å²) in [5.74, 6) is 0.124. The van der Waals surface area contributed by atoms with Crippen molar-refractivity contribution in [1.82, 2.24) is 10.2 Å². The lowest BCUT2D eigenvalue weighted by atomic mass is 10.0. The van der Waals surface area contributed by atoms with E-state index in [0.29, 0.717) is 22.1 Å². The van der Waals surface area contributed by atoms with Gasteiger partial charge in [-0.2, -0.15) is 0 Å². The lowest BCUT2D eigenvalue weighted by Crippen LogP contribution is -2.30. The standard InChI is InChI=1S/C24H19ClN2O5/c1-14-11-16(23(29)31-2)5-9-19(14)21-10-8-18(32-21)12-20-22(28)27(24(30)26-20)13-15-3-6-17(25)7-4-15/h3-12H,13H2,1-2H3,(H,26,30)/b20-12-. The maximum Gasteiger partial charge on any atom is 0.337 e. The second-order valence-electron chi connectivity index (χ2n) is 7.23. The van der Waals surface area contributed by atoms with Gasteiger partial charge >= 0.3 is 12.0 Å². The number of hydrogen-bond acceptors (Lipinski definition) is 5. The Morgan fingerprint density at radius 3 is 2.56 bits per heavy atom. The van der Waals surface area contributed by atoms with Crippen molar-refractivity contribution < 1.29 is 23.5 Å². The first-order chi connectivity index (χ1) is 15.4. The molecule has 32 heavy (non-hydrogen) atoms. The molecule has 3 aromatic rings. The molecule has 1 saturated heterocycles. The average Bonchev–Trinajstić information content (AvgIpc) is 3.34. The molecule has 1 aliphatic rings. The van der Waals surface area contributed by atoms with Gasteiger partial charge in [0.1, 0.15) is 17.2 Å². The summed E-state index contributed by atoms with van der Waals surface area (Å²) in [7, 11) is 1.33. The van der Waals surface area contributed by atoms with E-state index in [2.05, 4.69) is 5.32 Å². The van der Waals surface area contributed by atoms with Crippen LogP contribution >= 0.6 is 11.6 Å². The molecule has 3 amide bonds. The van der Waals surface area contributed by atoms with Gasteiger partial charge in [-0.3, -0.25) is 9.69 Å². The van der Waals surface area contributed by atoms with Crippen LogP contribution in [-0.4, -0.2) is 29.9 Å². The maximum absolute atomic E-state index is 12.7. The Morgan fingerprint density at radius 2 is 1.88 bits per heavy atom. The minimum Gasteiger partial charge on any atom is -0.465 e. The van der Waals surface area contributed by atoms with E-state index < -0.39 is 17.9 Å². The molecule has 1 aliphatic heterocycles. The second kappa shape index (κ2) is 8.72. The number of aryl methyl sites for hydroxylation is 1. The Balaban J connectivity index is 1.53. The molecule has 0 saturated carbocycles. The van der Waals surface area contributed by atoms with Gasteiger partial charge in [0.05, 0.1) is 19.2 Å². The van der Waals surface area contributed by atoms with Gasteiger partial charge in [0.25, 0.3) is 5.91 Å². The number of ether oxygens (including phenoxy) is 1. The molecular formula is C24H19ClN2O5. The van der Waals surface area contributed by atoms with Crippen molar-refractivity contribution in [2.45, 2.75) is 13.5 Å². The Bertz CT molecular complexity index is 1240. The van der Waals surface area contributed by atoms with Crippen LogP contribution in [0.25, 0.3) is 17.4 Å². The maximum atomic E-state index is 12.7. The van der Waals surface area contributed by atoms with Gasteiger partial charge in [-0.15, -0.1) is 0 Å². The predicted molar refractivity (Wildman–Crippen MR) is 119 cm³/mol. The quantitative estimate of drug-likeness (QED) is 0.343. The lowest BCUT2D eigenvalue weighted by Gasteiger charge is -2.11. The zero-order valence-corrected chi connectivity index (χ0v) is 18.1. The SMILES string of the molecule is COC(=O)c1ccc(-c2ccc(/C=C3\NC(=O)N(Cc4ccc(Cl)cc4)C3=O)o2)c(C)c1. The summed E-state index contributed by atoms with van der Waals surface area (Å²) >= 11 is 5.88. The second-order valence-corrected chi connectivity index (χ2v) is 7.67. The molecule has 2 aromatic carbocycles. The van der Waals surface area contributed by atoms with Crippen LogP contribution in [0.15, 0.2) is 64.7 Å². The third-order valence-electron chi connectivity index (χ3n) is 5.04. The van der Waals surface area contributed by atoms with Crippen molar-refractivity contribution in [2.24, 2.45) is 0 Å². The summed E-state index contributed by atoms with van der Waals surface area (Å²) in [6.45, 7) is 1.99. The highest BCUT2D eigenvalue weighted by Crippen LogP contribution is 2.28. The molecule has 2 heterocycles.